The number of nitriles is 1. The topological polar surface area (TPSA) is 50.1 Å². The first-order chi connectivity index (χ1) is 11.1. The minimum atomic E-state index is -0.581. The Morgan fingerprint density at radius 2 is 1.70 bits per heavy atom. The fourth-order valence-electron chi connectivity index (χ4n) is 1.89. The number of ether oxygens (including phenoxy) is 1. The van der Waals surface area contributed by atoms with Crippen molar-refractivity contribution in [3.8, 4) is 6.07 Å². The van der Waals surface area contributed by atoms with E-state index in [0.29, 0.717) is 0 Å². The van der Waals surface area contributed by atoms with Gasteiger partial charge in [0.15, 0.2) is 0 Å². The Hall–Kier alpha value is -2.34. The van der Waals surface area contributed by atoms with E-state index in [2.05, 4.69) is 31.2 Å². The van der Waals surface area contributed by atoms with E-state index < -0.39 is 5.97 Å². The van der Waals surface area contributed by atoms with Crippen molar-refractivity contribution >= 4 is 35.9 Å². The molecule has 0 saturated carbocycles. The molecular weight excluding hydrogens is 353 g/mol. The zero-order valence-corrected chi connectivity index (χ0v) is 14.8. The predicted octanol–water partition coefficient (Wildman–Crippen LogP) is 2.12. The van der Waals surface area contributed by atoms with Crippen LogP contribution in [0.5, 0.6) is 0 Å². The third-order valence-corrected chi connectivity index (χ3v) is 5.19. The van der Waals surface area contributed by atoms with Gasteiger partial charge in [0.1, 0.15) is 0 Å². The van der Waals surface area contributed by atoms with Crippen LogP contribution in [0.25, 0.3) is 6.08 Å². The minimum absolute atomic E-state index is 0.0173. The van der Waals surface area contributed by atoms with Gasteiger partial charge in [0.25, 0.3) is 0 Å². The molecule has 0 aliphatic rings. The molecule has 0 saturated heterocycles. The second kappa shape index (κ2) is 8.33. The van der Waals surface area contributed by atoms with Gasteiger partial charge in [-0.25, -0.2) is 0 Å². The number of aryl methyl sites for hydroxylation is 1. The number of nitrogens with zero attached hydrogens (tertiary/aromatic N) is 1. The summed E-state index contributed by atoms with van der Waals surface area (Å²) in [7, 11) is 0. The summed E-state index contributed by atoms with van der Waals surface area (Å²) < 4.78 is 7.41. The number of hydrogen-bond acceptors (Lipinski definition) is 3. The molecule has 0 fully saturated rings. The Balaban J connectivity index is 2.11. The van der Waals surface area contributed by atoms with E-state index in [1.54, 1.807) is 13.0 Å². The third kappa shape index (κ3) is 5.10. The number of benzene rings is 2. The molecule has 0 radical (unpaired) electrons. The fraction of sp³-hybridized carbons (Fsp3) is 0.158. The van der Waals surface area contributed by atoms with E-state index >= 15 is 0 Å². The van der Waals surface area contributed by atoms with E-state index in [1.165, 1.54) is 14.5 Å². The van der Waals surface area contributed by atoms with Crippen LogP contribution in [0, 0.1) is 18.3 Å². The Kier molecular flexibility index (Phi) is 6.17. The average Bonchev–Trinajstić information content (AvgIpc) is 2.56. The maximum atomic E-state index is 11.6. The van der Waals surface area contributed by atoms with Crippen molar-refractivity contribution in [1.29, 1.82) is 5.26 Å². The normalized spacial score (nSPS) is 10.9. The number of rotatable bonds is 5. The van der Waals surface area contributed by atoms with Crippen molar-refractivity contribution in [2.24, 2.45) is 0 Å². The summed E-state index contributed by atoms with van der Waals surface area (Å²) in [6.45, 7) is 4.05. The van der Waals surface area contributed by atoms with Crippen molar-refractivity contribution in [3.05, 3.63) is 65.2 Å². The van der Waals surface area contributed by atoms with E-state index in [4.69, 9.17) is 10.00 Å². The molecule has 0 aliphatic heterocycles. The van der Waals surface area contributed by atoms with Gasteiger partial charge in [0.2, 0.25) is 0 Å². The molecule has 2 aromatic carbocycles. The maximum absolute atomic E-state index is 11.6. The first-order valence-electron chi connectivity index (χ1n) is 7.26. The van der Waals surface area contributed by atoms with Crippen molar-refractivity contribution in [2.45, 2.75) is 13.8 Å². The summed E-state index contributed by atoms with van der Waals surface area (Å²) in [5.74, 6) is -0.581. The van der Waals surface area contributed by atoms with Crippen molar-refractivity contribution in [2.75, 3.05) is 6.61 Å². The van der Waals surface area contributed by atoms with Gasteiger partial charge in [-0.3, -0.25) is 0 Å². The third-order valence-electron chi connectivity index (χ3n) is 3.06. The molecular formula is C19H17NO2Se. The predicted molar refractivity (Wildman–Crippen MR) is 92.9 cm³/mol. The SMILES string of the molecule is CCOC(=O)/C(C#N)=C/c1ccc([Se]c2ccc(C)cc2)cc1. The summed E-state index contributed by atoms with van der Waals surface area (Å²) >= 11 is 0.245. The van der Waals surface area contributed by atoms with Crippen LogP contribution in [0.15, 0.2) is 54.1 Å². The van der Waals surface area contributed by atoms with Gasteiger partial charge < -0.3 is 0 Å². The van der Waals surface area contributed by atoms with E-state index in [9.17, 15) is 4.79 Å². The Labute approximate surface area is 142 Å². The van der Waals surface area contributed by atoms with Crippen molar-refractivity contribution in [3.63, 3.8) is 0 Å². The van der Waals surface area contributed by atoms with E-state index in [-0.39, 0.29) is 27.1 Å². The summed E-state index contributed by atoms with van der Waals surface area (Å²) in [5, 5.41) is 9.04. The van der Waals surface area contributed by atoms with Crippen LogP contribution >= 0.6 is 0 Å². The van der Waals surface area contributed by atoms with Gasteiger partial charge in [-0.15, -0.1) is 0 Å². The monoisotopic (exact) mass is 371 g/mol. The molecule has 3 nitrogen and oxygen atoms in total. The summed E-state index contributed by atoms with van der Waals surface area (Å²) in [4.78, 5) is 11.6. The van der Waals surface area contributed by atoms with Crippen LogP contribution in [-0.2, 0) is 9.53 Å². The quantitative estimate of drug-likeness (QED) is 0.351. The molecule has 116 valence electrons. The molecule has 0 amide bonds. The molecule has 23 heavy (non-hydrogen) atoms. The molecule has 0 aromatic heterocycles. The second-order valence-electron chi connectivity index (χ2n) is 4.87. The molecule has 0 spiro atoms. The van der Waals surface area contributed by atoms with Gasteiger partial charge in [0.05, 0.1) is 0 Å². The van der Waals surface area contributed by atoms with Gasteiger partial charge in [-0.1, -0.05) is 0 Å². The van der Waals surface area contributed by atoms with Crippen LogP contribution in [0.1, 0.15) is 18.1 Å². The van der Waals surface area contributed by atoms with Crippen LogP contribution in [0.3, 0.4) is 0 Å². The molecule has 0 N–H and O–H groups in total. The molecule has 4 heteroatoms. The first kappa shape index (κ1) is 17.0. The average molecular weight is 370 g/mol. The molecule has 0 aliphatic carbocycles. The van der Waals surface area contributed by atoms with Crippen molar-refractivity contribution < 1.29 is 9.53 Å². The standard InChI is InChI=1S/C19H17NO2Se/c1-3-22-19(21)16(13-20)12-15-6-10-18(11-7-15)23-17-8-4-14(2)5-9-17/h4-12H,3H2,1-2H3/b16-12+. The van der Waals surface area contributed by atoms with Crippen LogP contribution < -0.4 is 8.92 Å². The Morgan fingerprint density at radius 1 is 1.13 bits per heavy atom. The molecule has 2 aromatic rings. The number of carbonyl (C=O) groups is 1. The Morgan fingerprint density at radius 3 is 2.22 bits per heavy atom. The van der Waals surface area contributed by atoms with Crippen LogP contribution in [0.2, 0.25) is 0 Å². The van der Waals surface area contributed by atoms with Gasteiger partial charge in [0, 0.05) is 0 Å². The molecule has 0 unspecified atom stereocenters. The summed E-state index contributed by atoms with van der Waals surface area (Å²) in [5.41, 5.74) is 2.09. The zero-order chi connectivity index (χ0) is 16.7. The Bertz CT molecular complexity index is 740. The van der Waals surface area contributed by atoms with Crippen molar-refractivity contribution in [1.82, 2.24) is 0 Å². The van der Waals surface area contributed by atoms with Crippen LogP contribution in [-0.4, -0.2) is 27.5 Å². The van der Waals surface area contributed by atoms with E-state index in [1.807, 2.05) is 30.3 Å². The van der Waals surface area contributed by atoms with Gasteiger partial charge in [-0.05, 0) is 0 Å². The van der Waals surface area contributed by atoms with Crippen LogP contribution in [0.4, 0.5) is 0 Å². The second-order valence-corrected chi connectivity index (χ2v) is 7.28. The zero-order valence-electron chi connectivity index (χ0n) is 13.1. The molecule has 0 heterocycles. The molecule has 0 bridgehead atoms. The van der Waals surface area contributed by atoms with Gasteiger partial charge >= 0.3 is 142 Å². The summed E-state index contributed by atoms with van der Waals surface area (Å²) in [6, 6.07) is 18.3. The summed E-state index contributed by atoms with van der Waals surface area (Å²) in [6.07, 6.45) is 1.56. The number of carbonyl (C=O) groups excluding carboxylic acids is 1. The molecule has 2 rings (SSSR count). The fourth-order valence-corrected chi connectivity index (χ4v) is 3.60. The van der Waals surface area contributed by atoms with E-state index in [0.717, 1.165) is 5.56 Å². The number of esters is 1. The number of hydrogen-bond donors (Lipinski definition) is 0. The first-order valence-corrected chi connectivity index (χ1v) is 8.97. The van der Waals surface area contributed by atoms with Gasteiger partial charge in [-0.2, -0.15) is 0 Å². The molecule has 0 atom stereocenters.